The molecular weight excluding hydrogens is 254 g/mol. The third kappa shape index (κ3) is 3.63. The molecule has 20 heavy (non-hydrogen) atoms. The van der Waals surface area contributed by atoms with Crippen LogP contribution in [0.4, 0.5) is 11.4 Å². The van der Waals surface area contributed by atoms with Gasteiger partial charge in [-0.3, -0.25) is 4.79 Å². The first kappa shape index (κ1) is 14.7. The van der Waals surface area contributed by atoms with Crippen LogP contribution in [0.2, 0.25) is 0 Å². The molecule has 0 aromatic heterocycles. The van der Waals surface area contributed by atoms with E-state index in [1.54, 1.807) is 18.2 Å². The summed E-state index contributed by atoms with van der Waals surface area (Å²) < 4.78 is 0. The Morgan fingerprint density at radius 3 is 2.65 bits per heavy atom. The lowest BCUT2D eigenvalue weighted by atomic mass is 9.79. The van der Waals surface area contributed by atoms with Crippen molar-refractivity contribution in [3.8, 4) is 0 Å². The number of aliphatic hydroxyl groups is 1. The molecule has 0 aliphatic heterocycles. The summed E-state index contributed by atoms with van der Waals surface area (Å²) in [4.78, 5) is 12.1. The molecule has 2 unspecified atom stereocenters. The monoisotopic (exact) mass is 277 g/mol. The maximum absolute atomic E-state index is 12.1. The van der Waals surface area contributed by atoms with E-state index in [1.807, 2.05) is 0 Å². The molecule has 0 spiro atoms. The smallest absolute Gasteiger partial charge is 0.251 e. The largest absolute Gasteiger partial charge is 0.399 e. The molecule has 1 aliphatic carbocycles. The highest BCUT2D eigenvalue weighted by atomic mass is 16.3. The van der Waals surface area contributed by atoms with Crippen LogP contribution in [0, 0.1) is 5.92 Å². The highest BCUT2D eigenvalue weighted by molar-refractivity contribution is 5.96. The number of hydrogen-bond acceptors (Lipinski definition) is 4. The number of nitrogens with one attached hydrogen (secondary N) is 1. The van der Waals surface area contributed by atoms with Gasteiger partial charge in [0.25, 0.3) is 5.91 Å². The summed E-state index contributed by atoms with van der Waals surface area (Å²) in [5.74, 6) is 0.240. The summed E-state index contributed by atoms with van der Waals surface area (Å²) in [5, 5.41) is 13.3. The molecule has 2 rings (SSSR count). The van der Waals surface area contributed by atoms with Crippen LogP contribution in [0.15, 0.2) is 18.2 Å². The van der Waals surface area contributed by atoms with Gasteiger partial charge in [0.1, 0.15) is 0 Å². The van der Waals surface area contributed by atoms with E-state index in [9.17, 15) is 9.90 Å². The first-order valence-corrected chi connectivity index (χ1v) is 7.05. The second-order valence-corrected chi connectivity index (χ2v) is 6.00. The van der Waals surface area contributed by atoms with E-state index in [1.165, 1.54) is 0 Å². The summed E-state index contributed by atoms with van der Waals surface area (Å²) in [5.41, 5.74) is 11.9. The van der Waals surface area contributed by atoms with E-state index >= 15 is 0 Å². The van der Waals surface area contributed by atoms with E-state index in [2.05, 4.69) is 12.2 Å². The van der Waals surface area contributed by atoms with E-state index in [4.69, 9.17) is 11.5 Å². The van der Waals surface area contributed by atoms with Gasteiger partial charge in [0.2, 0.25) is 0 Å². The van der Waals surface area contributed by atoms with Gasteiger partial charge < -0.3 is 21.9 Å². The lowest BCUT2D eigenvalue weighted by Gasteiger charge is -2.35. The summed E-state index contributed by atoms with van der Waals surface area (Å²) in [6.07, 6.45) is 3.60. The number of hydrogen-bond donors (Lipinski definition) is 4. The molecule has 2 atom stereocenters. The minimum atomic E-state index is -0.792. The summed E-state index contributed by atoms with van der Waals surface area (Å²) in [6.45, 7) is 2.40. The minimum absolute atomic E-state index is 0.254. The Morgan fingerprint density at radius 1 is 1.40 bits per heavy atom. The molecule has 5 nitrogen and oxygen atoms in total. The first-order valence-electron chi connectivity index (χ1n) is 7.05. The Balaban J connectivity index is 1.98. The van der Waals surface area contributed by atoms with Gasteiger partial charge in [0.05, 0.1) is 5.60 Å². The Hall–Kier alpha value is -1.75. The van der Waals surface area contributed by atoms with Crippen molar-refractivity contribution < 1.29 is 9.90 Å². The topological polar surface area (TPSA) is 101 Å². The van der Waals surface area contributed by atoms with Gasteiger partial charge in [0, 0.05) is 23.5 Å². The predicted molar refractivity (Wildman–Crippen MR) is 80.2 cm³/mol. The number of nitrogen functional groups attached to an aromatic ring is 2. The van der Waals surface area contributed by atoms with Crippen molar-refractivity contribution in [2.45, 2.75) is 38.2 Å². The van der Waals surface area contributed by atoms with Gasteiger partial charge in [-0.2, -0.15) is 0 Å². The lowest BCUT2D eigenvalue weighted by molar-refractivity contribution is -0.0109. The van der Waals surface area contributed by atoms with Crippen molar-refractivity contribution in [2.24, 2.45) is 5.92 Å². The molecule has 110 valence electrons. The molecule has 0 bridgehead atoms. The van der Waals surface area contributed by atoms with Crippen LogP contribution in [0.1, 0.15) is 43.0 Å². The average Bonchev–Trinajstić information content (AvgIpc) is 2.34. The quantitative estimate of drug-likeness (QED) is 0.629. The number of amides is 1. The second-order valence-electron chi connectivity index (χ2n) is 6.00. The lowest BCUT2D eigenvalue weighted by Crippen LogP contribution is -2.45. The molecule has 1 aromatic rings. The van der Waals surface area contributed by atoms with Crippen LogP contribution >= 0.6 is 0 Å². The van der Waals surface area contributed by atoms with Crippen molar-refractivity contribution in [1.82, 2.24) is 5.32 Å². The molecular formula is C15H23N3O2. The zero-order chi connectivity index (χ0) is 14.8. The van der Waals surface area contributed by atoms with Crippen LogP contribution < -0.4 is 16.8 Å². The number of anilines is 2. The molecule has 5 heteroatoms. The Kier molecular flexibility index (Phi) is 4.18. The predicted octanol–water partition coefficient (Wildman–Crippen LogP) is 1.52. The maximum atomic E-state index is 12.1. The highest BCUT2D eigenvalue weighted by Crippen LogP contribution is 2.31. The van der Waals surface area contributed by atoms with Crippen molar-refractivity contribution in [3.63, 3.8) is 0 Å². The molecule has 1 saturated carbocycles. The second kappa shape index (κ2) is 5.71. The summed E-state index contributed by atoms with van der Waals surface area (Å²) >= 11 is 0. The van der Waals surface area contributed by atoms with E-state index in [-0.39, 0.29) is 12.5 Å². The number of carbonyl (C=O) groups is 1. The average molecular weight is 277 g/mol. The molecule has 0 radical (unpaired) electrons. The Labute approximate surface area is 119 Å². The van der Waals surface area contributed by atoms with Crippen LogP contribution in [-0.4, -0.2) is 23.2 Å². The fourth-order valence-corrected chi connectivity index (χ4v) is 2.95. The third-order valence-electron chi connectivity index (χ3n) is 3.89. The van der Waals surface area contributed by atoms with Gasteiger partial charge >= 0.3 is 0 Å². The number of benzene rings is 1. The van der Waals surface area contributed by atoms with E-state index in [0.717, 1.165) is 25.7 Å². The molecule has 1 fully saturated rings. The first-order chi connectivity index (χ1) is 9.38. The van der Waals surface area contributed by atoms with Gasteiger partial charge in [-0.15, -0.1) is 0 Å². The van der Waals surface area contributed by atoms with Crippen molar-refractivity contribution in [3.05, 3.63) is 23.8 Å². The third-order valence-corrected chi connectivity index (χ3v) is 3.89. The SMILES string of the molecule is CC1CCCC(O)(CNC(=O)c2cc(N)cc(N)c2)C1. The minimum Gasteiger partial charge on any atom is -0.399 e. The number of rotatable bonds is 3. The van der Waals surface area contributed by atoms with Crippen LogP contribution in [-0.2, 0) is 0 Å². The van der Waals surface area contributed by atoms with Crippen LogP contribution in [0.25, 0.3) is 0 Å². The van der Waals surface area contributed by atoms with Gasteiger partial charge in [-0.05, 0) is 37.0 Å². The molecule has 0 heterocycles. The van der Waals surface area contributed by atoms with Crippen molar-refractivity contribution in [1.29, 1.82) is 0 Å². The zero-order valence-corrected chi connectivity index (χ0v) is 11.9. The Bertz CT molecular complexity index is 484. The summed E-state index contributed by atoms with van der Waals surface area (Å²) in [6, 6.07) is 4.77. The molecule has 6 N–H and O–H groups in total. The Morgan fingerprint density at radius 2 is 2.05 bits per heavy atom. The number of nitrogens with two attached hydrogens (primary N) is 2. The highest BCUT2D eigenvalue weighted by Gasteiger charge is 2.32. The number of carbonyl (C=O) groups excluding carboxylic acids is 1. The molecule has 1 aromatic carbocycles. The van der Waals surface area contributed by atoms with Gasteiger partial charge in [-0.1, -0.05) is 19.8 Å². The van der Waals surface area contributed by atoms with Gasteiger partial charge in [-0.25, -0.2) is 0 Å². The van der Waals surface area contributed by atoms with Gasteiger partial charge in [0.15, 0.2) is 0 Å². The summed E-state index contributed by atoms with van der Waals surface area (Å²) in [7, 11) is 0. The van der Waals surface area contributed by atoms with E-state index < -0.39 is 5.60 Å². The maximum Gasteiger partial charge on any atom is 0.251 e. The zero-order valence-electron chi connectivity index (χ0n) is 11.9. The molecule has 1 aliphatic rings. The standard InChI is InChI=1S/C15H23N3O2/c1-10-3-2-4-15(20,8-10)9-18-14(19)11-5-12(16)7-13(17)6-11/h5-7,10,20H,2-4,8-9,16-17H2,1H3,(H,18,19). The van der Waals surface area contributed by atoms with Crippen molar-refractivity contribution in [2.75, 3.05) is 18.0 Å². The fraction of sp³-hybridized carbons (Fsp3) is 0.533. The normalized spacial score (nSPS) is 26.2. The molecule has 1 amide bonds. The fourth-order valence-electron chi connectivity index (χ4n) is 2.95. The van der Waals surface area contributed by atoms with Crippen molar-refractivity contribution >= 4 is 17.3 Å². The molecule has 0 saturated heterocycles. The van der Waals surface area contributed by atoms with E-state index in [0.29, 0.717) is 22.9 Å². The van der Waals surface area contributed by atoms with Crippen LogP contribution in [0.5, 0.6) is 0 Å². The van der Waals surface area contributed by atoms with Crippen LogP contribution in [0.3, 0.4) is 0 Å².